The number of rotatable bonds is 4. The number of nitrogens with zero attached hydrogens (tertiary/aromatic N) is 4. The molecule has 134 valence electrons. The third kappa shape index (κ3) is 3.44. The summed E-state index contributed by atoms with van der Waals surface area (Å²) in [5.41, 5.74) is 4.83. The van der Waals surface area contributed by atoms with Crippen LogP contribution >= 0.6 is 0 Å². The molecule has 4 rings (SSSR count). The molecule has 5 nitrogen and oxygen atoms in total. The highest BCUT2D eigenvalue weighted by Crippen LogP contribution is 2.23. The maximum Gasteiger partial charge on any atom is 0.269 e. The summed E-state index contributed by atoms with van der Waals surface area (Å²) >= 11 is 0. The number of hydrogen-bond donors (Lipinski definition) is 0. The summed E-state index contributed by atoms with van der Waals surface area (Å²) in [4.78, 5) is 23.0. The SMILES string of the molecule is CN(C)c1cc(-c2cccc(Cn3c(=O)cnc4ccccc43)c2)ccn1. The standard InChI is InChI=1S/C22H20N4O/c1-25(2)21-13-18(10-11-23-21)17-7-5-6-16(12-17)15-26-20-9-4-3-8-19(20)24-14-22(26)27/h3-14H,15H2,1-2H3. The van der Waals surface area contributed by atoms with Crippen molar-refractivity contribution in [2.75, 3.05) is 19.0 Å². The number of aromatic nitrogens is 3. The van der Waals surface area contributed by atoms with Gasteiger partial charge in [0.25, 0.3) is 5.56 Å². The van der Waals surface area contributed by atoms with Gasteiger partial charge in [0.1, 0.15) is 5.82 Å². The van der Waals surface area contributed by atoms with E-state index in [4.69, 9.17) is 0 Å². The Morgan fingerprint density at radius 2 is 1.74 bits per heavy atom. The summed E-state index contributed by atoms with van der Waals surface area (Å²) in [6.45, 7) is 0.501. The van der Waals surface area contributed by atoms with Crippen LogP contribution in [0.4, 0.5) is 5.82 Å². The second-order valence-corrected chi connectivity index (χ2v) is 6.67. The van der Waals surface area contributed by atoms with E-state index >= 15 is 0 Å². The van der Waals surface area contributed by atoms with E-state index in [1.807, 2.05) is 67.7 Å². The van der Waals surface area contributed by atoms with Gasteiger partial charge in [0.2, 0.25) is 0 Å². The lowest BCUT2D eigenvalue weighted by atomic mass is 10.0. The van der Waals surface area contributed by atoms with E-state index < -0.39 is 0 Å². The summed E-state index contributed by atoms with van der Waals surface area (Å²) in [5, 5.41) is 0. The van der Waals surface area contributed by atoms with Gasteiger partial charge in [-0.1, -0.05) is 30.3 Å². The fourth-order valence-electron chi connectivity index (χ4n) is 3.15. The van der Waals surface area contributed by atoms with Crippen LogP contribution in [0.2, 0.25) is 0 Å². The first-order valence-electron chi connectivity index (χ1n) is 8.79. The minimum Gasteiger partial charge on any atom is -0.363 e. The van der Waals surface area contributed by atoms with Gasteiger partial charge in [-0.2, -0.15) is 0 Å². The first-order chi connectivity index (χ1) is 13.1. The van der Waals surface area contributed by atoms with Crippen molar-refractivity contribution >= 4 is 16.9 Å². The number of fused-ring (bicyclic) bond motifs is 1. The van der Waals surface area contributed by atoms with Gasteiger partial charge >= 0.3 is 0 Å². The van der Waals surface area contributed by atoms with Gasteiger partial charge in [0, 0.05) is 20.3 Å². The van der Waals surface area contributed by atoms with Crippen molar-refractivity contribution in [1.29, 1.82) is 0 Å². The van der Waals surface area contributed by atoms with Crippen LogP contribution in [0.1, 0.15) is 5.56 Å². The average molecular weight is 356 g/mol. The zero-order valence-corrected chi connectivity index (χ0v) is 15.3. The summed E-state index contributed by atoms with van der Waals surface area (Å²) in [7, 11) is 3.95. The largest absolute Gasteiger partial charge is 0.363 e. The molecule has 2 heterocycles. The number of para-hydroxylation sites is 2. The number of hydrogen-bond acceptors (Lipinski definition) is 4. The summed E-state index contributed by atoms with van der Waals surface area (Å²) in [5.74, 6) is 0.911. The molecule has 5 heteroatoms. The Balaban J connectivity index is 1.73. The van der Waals surface area contributed by atoms with Crippen LogP contribution in [0.25, 0.3) is 22.2 Å². The molecule has 0 saturated heterocycles. The van der Waals surface area contributed by atoms with Crippen molar-refractivity contribution < 1.29 is 0 Å². The maximum absolute atomic E-state index is 12.4. The Kier molecular flexibility index (Phi) is 4.42. The van der Waals surface area contributed by atoms with Gasteiger partial charge in [-0.05, 0) is 47.0 Å². The molecule has 27 heavy (non-hydrogen) atoms. The van der Waals surface area contributed by atoms with E-state index in [0.717, 1.165) is 33.5 Å². The molecule has 4 aromatic rings. The Bertz CT molecular complexity index is 1160. The predicted molar refractivity (Wildman–Crippen MR) is 109 cm³/mol. The molecule has 0 fully saturated rings. The minimum absolute atomic E-state index is 0.0992. The van der Waals surface area contributed by atoms with Crippen molar-refractivity contribution in [2.24, 2.45) is 0 Å². The molecular formula is C22H20N4O. The highest BCUT2D eigenvalue weighted by molar-refractivity contribution is 5.74. The van der Waals surface area contributed by atoms with Gasteiger partial charge in [-0.3, -0.25) is 4.79 Å². The molecule has 2 aromatic heterocycles. The van der Waals surface area contributed by atoms with E-state index in [2.05, 4.69) is 28.2 Å². The van der Waals surface area contributed by atoms with Gasteiger partial charge in [-0.25, -0.2) is 9.97 Å². The molecular weight excluding hydrogens is 336 g/mol. The zero-order chi connectivity index (χ0) is 18.8. The molecule has 0 atom stereocenters. The summed E-state index contributed by atoms with van der Waals surface area (Å²) in [6, 6.07) is 20.0. The predicted octanol–water partition coefficient (Wildman–Crippen LogP) is 3.57. The molecule has 0 N–H and O–H groups in total. The number of pyridine rings is 1. The van der Waals surface area contributed by atoms with E-state index in [1.165, 1.54) is 6.20 Å². The number of benzene rings is 2. The Labute approximate surface area is 157 Å². The molecule has 0 unspecified atom stereocenters. The highest BCUT2D eigenvalue weighted by atomic mass is 16.1. The normalized spacial score (nSPS) is 10.9. The van der Waals surface area contributed by atoms with Gasteiger partial charge in [0.05, 0.1) is 23.8 Å². The van der Waals surface area contributed by atoms with Gasteiger partial charge in [-0.15, -0.1) is 0 Å². The minimum atomic E-state index is -0.0992. The molecule has 0 radical (unpaired) electrons. The average Bonchev–Trinajstić information content (AvgIpc) is 2.70. The lowest BCUT2D eigenvalue weighted by molar-refractivity contribution is 0.787. The van der Waals surface area contributed by atoms with Crippen molar-refractivity contribution in [2.45, 2.75) is 6.54 Å². The van der Waals surface area contributed by atoms with Crippen LogP contribution in [0.3, 0.4) is 0 Å². The fraction of sp³-hybridized carbons (Fsp3) is 0.136. The molecule has 0 spiro atoms. The van der Waals surface area contributed by atoms with Gasteiger partial charge < -0.3 is 9.47 Å². The van der Waals surface area contributed by atoms with E-state index in [0.29, 0.717) is 6.54 Å². The van der Waals surface area contributed by atoms with Gasteiger partial charge in [0.15, 0.2) is 0 Å². The molecule has 0 saturated carbocycles. The Morgan fingerprint density at radius 1 is 0.926 bits per heavy atom. The fourth-order valence-corrected chi connectivity index (χ4v) is 3.15. The van der Waals surface area contributed by atoms with Crippen LogP contribution in [0.5, 0.6) is 0 Å². The van der Waals surface area contributed by atoms with E-state index in [9.17, 15) is 4.79 Å². The van der Waals surface area contributed by atoms with Crippen LogP contribution < -0.4 is 10.5 Å². The molecule has 0 aliphatic rings. The Hall–Kier alpha value is -3.47. The second-order valence-electron chi connectivity index (χ2n) is 6.67. The quantitative estimate of drug-likeness (QED) is 0.561. The highest BCUT2D eigenvalue weighted by Gasteiger charge is 2.07. The first kappa shape index (κ1) is 17.0. The monoisotopic (exact) mass is 356 g/mol. The summed E-state index contributed by atoms with van der Waals surface area (Å²) < 4.78 is 1.76. The van der Waals surface area contributed by atoms with Crippen molar-refractivity contribution in [3.8, 4) is 11.1 Å². The summed E-state index contributed by atoms with van der Waals surface area (Å²) in [6.07, 6.45) is 3.20. The zero-order valence-electron chi connectivity index (χ0n) is 15.3. The third-order valence-corrected chi connectivity index (χ3v) is 4.56. The second kappa shape index (κ2) is 7.03. The van der Waals surface area contributed by atoms with E-state index in [1.54, 1.807) is 4.57 Å². The van der Waals surface area contributed by atoms with Crippen molar-refractivity contribution in [3.63, 3.8) is 0 Å². The van der Waals surface area contributed by atoms with Crippen LogP contribution in [-0.4, -0.2) is 28.6 Å². The molecule has 2 aromatic carbocycles. The van der Waals surface area contributed by atoms with Crippen molar-refractivity contribution in [1.82, 2.24) is 14.5 Å². The van der Waals surface area contributed by atoms with Crippen molar-refractivity contribution in [3.05, 3.63) is 89.0 Å². The smallest absolute Gasteiger partial charge is 0.269 e. The molecule has 0 amide bonds. The van der Waals surface area contributed by atoms with Crippen LogP contribution in [0.15, 0.2) is 77.9 Å². The lowest BCUT2D eigenvalue weighted by Gasteiger charge is -2.13. The maximum atomic E-state index is 12.4. The molecule has 0 bridgehead atoms. The van der Waals surface area contributed by atoms with E-state index in [-0.39, 0.29) is 5.56 Å². The number of anilines is 1. The topological polar surface area (TPSA) is 51.0 Å². The molecule has 0 aliphatic carbocycles. The first-order valence-corrected chi connectivity index (χ1v) is 8.79. The third-order valence-electron chi connectivity index (χ3n) is 4.56. The van der Waals surface area contributed by atoms with Crippen LogP contribution in [-0.2, 0) is 6.54 Å². The molecule has 0 aliphatic heterocycles. The Morgan fingerprint density at radius 3 is 2.59 bits per heavy atom. The lowest BCUT2D eigenvalue weighted by Crippen LogP contribution is -2.21. The van der Waals surface area contributed by atoms with Crippen LogP contribution in [0, 0.1) is 0 Å².